The fraction of sp³-hybridized carbons (Fsp3) is 0.286. The van der Waals surface area contributed by atoms with Gasteiger partial charge in [-0.2, -0.15) is 0 Å². The lowest BCUT2D eigenvalue weighted by Crippen LogP contribution is -2.13. The van der Waals surface area contributed by atoms with Gasteiger partial charge in [-0.25, -0.2) is 0 Å². The van der Waals surface area contributed by atoms with Gasteiger partial charge >= 0.3 is 0 Å². The Hall–Kier alpha value is -0.740. The highest BCUT2D eigenvalue weighted by Gasteiger charge is 2.11. The zero-order chi connectivity index (χ0) is 13.8. The van der Waals surface area contributed by atoms with Crippen LogP contribution in [0.3, 0.4) is 0 Å². The van der Waals surface area contributed by atoms with Crippen LogP contribution in [0.5, 0.6) is 5.75 Å². The van der Waals surface area contributed by atoms with Crippen molar-refractivity contribution in [1.29, 1.82) is 0 Å². The highest BCUT2D eigenvalue weighted by Crippen LogP contribution is 2.30. The van der Waals surface area contributed by atoms with E-state index in [0.717, 1.165) is 20.5 Å². The number of benzene rings is 1. The first-order valence-electron chi connectivity index (χ1n) is 5.94. The molecule has 1 atom stereocenters. The van der Waals surface area contributed by atoms with E-state index in [9.17, 15) is 0 Å². The van der Waals surface area contributed by atoms with E-state index >= 15 is 0 Å². The van der Waals surface area contributed by atoms with Crippen molar-refractivity contribution < 1.29 is 4.74 Å². The molecule has 0 saturated carbocycles. The fourth-order valence-corrected chi connectivity index (χ4v) is 2.90. The Bertz CT molecular complexity index is 556. The molecule has 2 aromatic rings. The van der Waals surface area contributed by atoms with Crippen LogP contribution in [0.1, 0.15) is 23.4 Å². The van der Waals surface area contributed by atoms with Gasteiger partial charge in [0.2, 0.25) is 0 Å². The molecule has 2 nitrogen and oxygen atoms in total. The Morgan fingerprint density at radius 3 is 2.68 bits per heavy atom. The molecule has 0 aliphatic heterocycles. The van der Waals surface area contributed by atoms with Gasteiger partial charge < -0.3 is 10.1 Å². The van der Waals surface area contributed by atoms with Crippen molar-refractivity contribution in [2.75, 3.05) is 7.05 Å². The number of nitrogens with one attached hydrogen (secondary N) is 1. The Labute approximate surface area is 127 Å². The minimum absolute atomic E-state index is 0.181. The van der Waals surface area contributed by atoms with E-state index in [1.54, 1.807) is 0 Å². The van der Waals surface area contributed by atoms with E-state index in [0.29, 0.717) is 11.6 Å². The first kappa shape index (κ1) is 14.7. The predicted molar refractivity (Wildman–Crippen MR) is 82.6 cm³/mol. The standard InChI is InChI=1S/C14H15Cl2NOS/c1-9(17-2)12-7-10(15)3-5-13(12)18-8-11-4-6-14(16)19-11/h3-7,9,17H,8H2,1-2H3. The van der Waals surface area contributed by atoms with Crippen molar-refractivity contribution in [2.45, 2.75) is 19.6 Å². The van der Waals surface area contributed by atoms with E-state index in [-0.39, 0.29) is 6.04 Å². The number of rotatable bonds is 5. The van der Waals surface area contributed by atoms with Gasteiger partial charge in [-0.15, -0.1) is 11.3 Å². The molecule has 0 aliphatic rings. The molecule has 0 spiro atoms. The fourth-order valence-electron chi connectivity index (χ4n) is 1.72. The zero-order valence-electron chi connectivity index (χ0n) is 10.7. The summed E-state index contributed by atoms with van der Waals surface area (Å²) in [5.74, 6) is 0.843. The minimum Gasteiger partial charge on any atom is -0.488 e. The smallest absolute Gasteiger partial charge is 0.124 e. The Morgan fingerprint density at radius 2 is 2.05 bits per heavy atom. The third-order valence-electron chi connectivity index (χ3n) is 2.87. The lowest BCUT2D eigenvalue weighted by molar-refractivity contribution is 0.304. The van der Waals surface area contributed by atoms with Gasteiger partial charge in [0.1, 0.15) is 12.4 Å². The Kier molecular flexibility index (Phi) is 5.11. The molecule has 1 aromatic heterocycles. The summed E-state index contributed by atoms with van der Waals surface area (Å²) in [4.78, 5) is 1.10. The van der Waals surface area contributed by atoms with Gasteiger partial charge in [0.15, 0.2) is 0 Å². The van der Waals surface area contributed by atoms with Crippen LogP contribution in [0, 0.1) is 0 Å². The van der Waals surface area contributed by atoms with Crippen molar-refractivity contribution in [2.24, 2.45) is 0 Å². The van der Waals surface area contributed by atoms with Crippen molar-refractivity contribution in [3.63, 3.8) is 0 Å². The first-order valence-corrected chi connectivity index (χ1v) is 7.51. The van der Waals surface area contributed by atoms with E-state index < -0.39 is 0 Å². The molecule has 102 valence electrons. The average molecular weight is 316 g/mol. The van der Waals surface area contributed by atoms with E-state index in [2.05, 4.69) is 12.2 Å². The van der Waals surface area contributed by atoms with Crippen molar-refractivity contribution in [1.82, 2.24) is 5.32 Å². The normalized spacial score (nSPS) is 12.4. The highest BCUT2D eigenvalue weighted by atomic mass is 35.5. The van der Waals surface area contributed by atoms with Gasteiger partial charge in [-0.1, -0.05) is 23.2 Å². The summed E-state index contributed by atoms with van der Waals surface area (Å²) in [7, 11) is 1.91. The maximum absolute atomic E-state index is 6.04. The second kappa shape index (κ2) is 6.62. The molecule has 1 aromatic carbocycles. The van der Waals surface area contributed by atoms with Crippen LogP contribution >= 0.6 is 34.5 Å². The third-order valence-corrected chi connectivity index (χ3v) is 4.31. The molecule has 0 radical (unpaired) electrons. The second-order valence-corrected chi connectivity index (χ2v) is 6.42. The highest BCUT2D eigenvalue weighted by molar-refractivity contribution is 7.16. The summed E-state index contributed by atoms with van der Waals surface area (Å²) in [5.41, 5.74) is 1.05. The molecular weight excluding hydrogens is 301 g/mol. The quantitative estimate of drug-likeness (QED) is 0.846. The largest absolute Gasteiger partial charge is 0.488 e. The molecule has 1 unspecified atom stereocenters. The lowest BCUT2D eigenvalue weighted by Gasteiger charge is -2.16. The maximum Gasteiger partial charge on any atom is 0.124 e. The molecular formula is C14H15Cl2NOS. The molecule has 1 heterocycles. The molecule has 5 heteroatoms. The van der Waals surface area contributed by atoms with Crippen molar-refractivity contribution >= 4 is 34.5 Å². The molecule has 0 saturated heterocycles. The summed E-state index contributed by atoms with van der Waals surface area (Å²) in [6.45, 7) is 2.59. The molecule has 0 bridgehead atoms. The summed E-state index contributed by atoms with van der Waals surface area (Å²) in [5, 5.41) is 3.91. The van der Waals surface area contributed by atoms with Gasteiger partial charge in [-0.3, -0.25) is 0 Å². The topological polar surface area (TPSA) is 21.3 Å². The monoisotopic (exact) mass is 315 g/mol. The number of hydrogen-bond acceptors (Lipinski definition) is 3. The van der Waals surface area contributed by atoms with Crippen molar-refractivity contribution in [3.05, 3.63) is 50.1 Å². The van der Waals surface area contributed by atoms with Crippen LogP contribution in [0.4, 0.5) is 0 Å². The second-order valence-electron chi connectivity index (χ2n) is 4.19. The molecule has 0 amide bonds. The summed E-state index contributed by atoms with van der Waals surface area (Å²) in [6, 6.07) is 9.71. The molecule has 0 aliphatic carbocycles. The van der Waals surface area contributed by atoms with Gasteiger partial charge in [0, 0.05) is 21.5 Å². The number of halogens is 2. The van der Waals surface area contributed by atoms with Gasteiger partial charge in [-0.05, 0) is 44.3 Å². The predicted octanol–water partition coefficient (Wildman–Crippen LogP) is 4.91. The van der Waals surface area contributed by atoms with Crippen LogP contribution in [0.2, 0.25) is 9.36 Å². The Morgan fingerprint density at radius 1 is 1.26 bits per heavy atom. The first-order chi connectivity index (χ1) is 9.10. The summed E-state index contributed by atoms with van der Waals surface area (Å²) in [6.07, 6.45) is 0. The average Bonchev–Trinajstić information content (AvgIpc) is 2.82. The SMILES string of the molecule is CNC(C)c1cc(Cl)ccc1OCc1ccc(Cl)s1. The van der Waals surface area contributed by atoms with Gasteiger partial charge in [0.05, 0.1) is 4.34 Å². The van der Waals surface area contributed by atoms with E-state index in [1.807, 2.05) is 37.4 Å². The Balaban J connectivity index is 2.15. The van der Waals surface area contributed by atoms with E-state index in [1.165, 1.54) is 11.3 Å². The number of ether oxygens (including phenoxy) is 1. The minimum atomic E-state index is 0.181. The van der Waals surface area contributed by atoms with Crippen LogP contribution in [0.15, 0.2) is 30.3 Å². The molecule has 0 fully saturated rings. The summed E-state index contributed by atoms with van der Waals surface area (Å²) < 4.78 is 6.64. The lowest BCUT2D eigenvalue weighted by atomic mass is 10.1. The molecule has 19 heavy (non-hydrogen) atoms. The van der Waals surface area contributed by atoms with Crippen molar-refractivity contribution in [3.8, 4) is 5.75 Å². The molecule has 1 N–H and O–H groups in total. The third kappa shape index (κ3) is 3.86. The van der Waals surface area contributed by atoms with Crippen LogP contribution in [-0.2, 0) is 6.61 Å². The summed E-state index contributed by atoms with van der Waals surface area (Å²) >= 11 is 13.5. The zero-order valence-corrected chi connectivity index (χ0v) is 13.1. The number of thiophene rings is 1. The van der Waals surface area contributed by atoms with E-state index in [4.69, 9.17) is 27.9 Å². The van der Waals surface area contributed by atoms with Crippen LogP contribution in [0.25, 0.3) is 0 Å². The van der Waals surface area contributed by atoms with Gasteiger partial charge in [0.25, 0.3) is 0 Å². The maximum atomic E-state index is 6.04. The number of hydrogen-bond donors (Lipinski definition) is 1. The van der Waals surface area contributed by atoms with Crippen LogP contribution in [-0.4, -0.2) is 7.05 Å². The van der Waals surface area contributed by atoms with Crippen LogP contribution < -0.4 is 10.1 Å². The molecule has 2 rings (SSSR count).